The minimum atomic E-state index is -0.462. The molecule has 2 amide bonds. The van der Waals surface area contributed by atoms with E-state index >= 15 is 0 Å². The highest BCUT2D eigenvalue weighted by Crippen LogP contribution is 1.93. The highest BCUT2D eigenvalue weighted by atomic mass is 16.2. The number of carbonyl (C=O) groups excluding carboxylic acids is 1. The van der Waals surface area contributed by atoms with Gasteiger partial charge in [-0.3, -0.25) is 0 Å². The van der Waals surface area contributed by atoms with Crippen molar-refractivity contribution in [2.45, 2.75) is 13.8 Å². The van der Waals surface area contributed by atoms with Gasteiger partial charge in [-0.05, 0) is 12.8 Å². The molecule has 0 saturated carbocycles. The second-order valence-corrected chi connectivity index (χ2v) is 2.25. The lowest BCUT2D eigenvalue weighted by atomic mass is 10.2. The van der Waals surface area contributed by atoms with Gasteiger partial charge in [0.25, 0.3) is 0 Å². The zero-order valence-electron chi connectivity index (χ0n) is 6.42. The summed E-state index contributed by atoms with van der Waals surface area (Å²) < 4.78 is 0. The molecule has 0 radical (unpaired) electrons. The van der Waals surface area contributed by atoms with Crippen LogP contribution in [0.4, 0.5) is 4.79 Å². The van der Waals surface area contributed by atoms with Crippen LogP contribution in [0.15, 0.2) is 12.2 Å². The van der Waals surface area contributed by atoms with E-state index in [-0.39, 0.29) is 0 Å². The number of allylic oxidation sites excluding steroid dienone is 1. The first kappa shape index (κ1) is 9.01. The number of nitrogens with one attached hydrogen (secondary N) is 1. The summed E-state index contributed by atoms with van der Waals surface area (Å²) in [6.07, 6.45) is 3.96. The molecule has 0 saturated heterocycles. The van der Waals surface area contributed by atoms with Gasteiger partial charge in [0.15, 0.2) is 0 Å². The van der Waals surface area contributed by atoms with Crippen LogP contribution in [0.25, 0.3) is 0 Å². The molecule has 0 spiro atoms. The summed E-state index contributed by atoms with van der Waals surface area (Å²) in [5, 5.41) is 2.52. The SMILES string of the molecule is C/C=C/C(C)CNC(N)=O. The van der Waals surface area contributed by atoms with Crippen LogP contribution in [0.3, 0.4) is 0 Å². The Bertz CT molecular complexity index is 132. The number of amides is 2. The fourth-order valence-electron chi connectivity index (χ4n) is 0.658. The van der Waals surface area contributed by atoms with E-state index in [0.29, 0.717) is 12.5 Å². The van der Waals surface area contributed by atoms with Crippen LogP contribution in [0.1, 0.15) is 13.8 Å². The number of nitrogens with two attached hydrogens (primary N) is 1. The monoisotopic (exact) mass is 142 g/mol. The Morgan fingerprint density at radius 2 is 2.40 bits per heavy atom. The van der Waals surface area contributed by atoms with Crippen molar-refractivity contribution in [1.29, 1.82) is 0 Å². The van der Waals surface area contributed by atoms with Crippen LogP contribution in [0, 0.1) is 5.92 Å². The minimum Gasteiger partial charge on any atom is -0.352 e. The number of hydrogen-bond acceptors (Lipinski definition) is 1. The van der Waals surface area contributed by atoms with Gasteiger partial charge in [-0.2, -0.15) is 0 Å². The topological polar surface area (TPSA) is 55.1 Å². The van der Waals surface area contributed by atoms with E-state index in [0.717, 1.165) is 0 Å². The lowest BCUT2D eigenvalue weighted by Gasteiger charge is -2.04. The molecule has 0 rings (SSSR count). The molecule has 0 aliphatic carbocycles. The minimum absolute atomic E-state index is 0.359. The molecule has 1 unspecified atom stereocenters. The molecule has 0 aromatic rings. The van der Waals surface area contributed by atoms with Crippen molar-refractivity contribution in [3.63, 3.8) is 0 Å². The number of primary amides is 1. The number of carbonyl (C=O) groups is 1. The standard InChI is InChI=1S/C7H14N2O/c1-3-4-6(2)5-9-7(8)10/h3-4,6H,5H2,1-2H3,(H3,8,9,10)/b4-3+. The van der Waals surface area contributed by atoms with E-state index < -0.39 is 6.03 Å². The predicted octanol–water partition coefficient (Wildman–Crippen LogP) is 0.867. The molecular formula is C7H14N2O. The summed E-state index contributed by atoms with van der Waals surface area (Å²) >= 11 is 0. The van der Waals surface area contributed by atoms with Crippen molar-refractivity contribution in [2.75, 3.05) is 6.54 Å². The van der Waals surface area contributed by atoms with Crippen LogP contribution < -0.4 is 11.1 Å². The van der Waals surface area contributed by atoms with E-state index in [1.807, 2.05) is 26.0 Å². The fraction of sp³-hybridized carbons (Fsp3) is 0.571. The zero-order chi connectivity index (χ0) is 7.98. The lowest BCUT2D eigenvalue weighted by Crippen LogP contribution is -2.32. The van der Waals surface area contributed by atoms with E-state index in [1.54, 1.807) is 0 Å². The molecule has 0 aliphatic rings. The number of hydrogen-bond donors (Lipinski definition) is 2. The Kier molecular flexibility index (Phi) is 4.37. The first-order valence-electron chi connectivity index (χ1n) is 3.33. The Labute approximate surface area is 61.3 Å². The normalized spacial score (nSPS) is 13.4. The quantitative estimate of drug-likeness (QED) is 0.564. The summed E-state index contributed by atoms with van der Waals surface area (Å²) in [5.41, 5.74) is 4.86. The molecule has 0 aliphatic heterocycles. The lowest BCUT2D eigenvalue weighted by molar-refractivity contribution is 0.248. The van der Waals surface area contributed by atoms with Crippen molar-refractivity contribution >= 4 is 6.03 Å². The van der Waals surface area contributed by atoms with E-state index in [2.05, 4.69) is 5.32 Å². The zero-order valence-corrected chi connectivity index (χ0v) is 6.42. The predicted molar refractivity (Wildman–Crippen MR) is 41.6 cm³/mol. The maximum absolute atomic E-state index is 10.2. The molecular weight excluding hydrogens is 128 g/mol. The second-order valence-electron chi connectivity index (χ2n) is 2.25. The third-order valence-electron chi connectivity index (χ3n) is 1.12. The highest BCUT2D eigenvalue weighted by Gasteiger charge is 1.96. The average Bonchev–Trinajstić information content (AvgIpc) is 1.85. The van der Waals surface area contributed by atoms with Crippen LogP contribution in [0.2, 0.25) is 0 Å². The van der Waals surface area contributed by atoms with Gasteiger partial charge in [-0.15, -0.1) is 0 Å². The maximum atomic E-state index is 10.2. The molecule has 10 heavy (non-hydrogen) atoms. The second kappa shape index (κ2) is 4.85. The van der Waals surface area contributed by atoms with Gasteiger partial charge in [0, 0.05) is 6.54 Å². The van der Waals surface area contributed by atoms with Crippen LogP contribution in [-0.2, 0) is 0 Å². The summed E-state index contributed by atoms with van der Waals surface area (Å²) in [5.74, 6) is 0.359. The van der Waals surface area contributed by atoms with Gasteiger partial charge in [-0.1, -0.05) is 19.1 Å². The Morgan fingerprint density at radius 1 is 1.80 bits per heavy atom. The third-order valence-corrected chi connectivity index (χ3v) is 1.12. The van der Waals surface area contributed by atoms with Gasteiger partial charge in [0.2, 0.25) is 0 Å². The Morgan fingerprint density at radius 3 is 2.80 bits per heavy atom. The molecule has 3 nitrogen and oxygen atoms in total. The van der Waals surface area contributed by atoms with Gasteiger partial charge in [-0.25, -0.2) is 4.79 Å². The van der Waals surface area contributed by atoms with Crippen molar-refractivity contribution in [1.82, 2.24) is 5.32 Å². The first-order chi connectivity index (χ1) is 4.66. The van der Waals surface area contributed by atoms with Crippen LogP contribution in [0.5, 0.6) is 0 Å². The molecule has 3 heteroatoms. The smallest absolute Gasteiger partial charge is 0.312 e. The van der Waals surface area contributed by atoms with Crippen LogP contribution in [-0.4, -0.2) is 12.6 Å². The summed E-state index contributed by atoms with van der Waals surface area (Å²) in [6, 6.07) is -0.462. The third kappa shape index (κ3) is 5.15. The molecule has 0 heterocycles. The van der Waals surface area contributed by atoms with E-state index in [4.69, 9.17) is 5.73 Å². The summed E-state index contributed by atoms with van der Waals surface area (Å²) in [7, 11) is 0. The van der Waals surface area contributed by atoms with E-state index in [1.165, 1.54) is 0 Å². The largest absolute Gasteiger partial charge is 0.352 e. The van der Waals surface area contributed by atoms with Crippen LogP contribution >= 0.6 is 0 Å². The number of rotatable bonds is 3. The van der Waals surface area contributed by atoms with Crippen molar-refractivity contribution < 1.29 is 4.79 Å². The van der Waals surface area contributed by atoms with Gasteiger partial charge < -0.3 is 11.1 Å². The summed E-state index contributed by atoms with van der Waals surface area (Å²) in [4.78, 5) is 10.2. The van der Waals surface area contributed by atoms with Crippen molar-refractivity contribution in [2.24, 2.45) is 11.7 Å². The van der Waals surface area contributed by atoms with Gasteiger partial charge in [0.1, 0.15) is 0 Å². The number of urea groups is 1. The van der Waals surface area contributed by atoms with Crippen molar-refractivity contribution in [3.8, 4) is 0 Å². The average molecular weight is 142 g/mol. The van der Waals surface area contributed by atoms with E-state index in [9.17, 15) is 4.79 Å². The molecule has 0 aromatic carbocycles. The summed E-state index contributed by atoms with van der Waals surface area (Å²) in [6.45, 7) is 4.57. The molecule has 3 N–H and O–H groups in total. The molecule has 0 aromatic heterocycles. The van der Waals surface area contributed by atoms with Gasteiger partial charge >= 0.3 is 6.03 Å². The van der Waals surface area contributed by atoms with Gasteiger partial charge in [0.05, 0.1) is 0 Å². The molecule has 0 fully saturated rings. The fourth-order valence-corrected chi connectivity index (χ4v) is 0.658. The maximum Gasteiger partial charge on any atom is 0.312 e. The molecule has 1 atom stereocenters. The molecule has 58 valence electrons. The Balaban J connectivity index is 3.39. The van der Waals surface area contributed by atoms with Crippen molar-refractivity contribution in [3.05, 3.63) is 12.2 Å². The first-order valence-corrected chi connectivity index (χ1v) is 3.33. The molecule has 0 bridgehead atoms. The highest BCUT2D eigenvalue weighted by molar-refractivity contribution is 5.71. The Hall–Kier alpha value is -0.990.